The van der Waals surface area contributed by atoms with Gasteiger partial charge in [-0.3, -0.25) is 14.9 Å². The van der Waals surface area contributed by atoms with Crippen LogP contribution in [0.5, 0.6) is 0 Å². The van der Waals surface area contributed by atoms with Crippen LogP contribution in [0.2, 0.25) is 4.34 Å². The molecule has 0 atom stereocenters. The van der Waals surface area contributed by atoms with Crippen LogP contribution < -0.4 is 5.32 Å². The Morgan fingerprint density at radius 1 is 1.43 bits per heavy atom. The lowest BCUT2D eigenvalue weighted by Crippen LogP contribution is -2.19. The highest BCUT2D eigenvalue weighted by molar-refractivity contribution is 7.17. The molecule has 0 bridgehead atoms. The molecule has 1 N–H and O–H groups in total. The van der Waals surface area contributed by atoms with Gasteiger partial charge in [0.1, 0.15) is 0 Å². The van der Waals surface area contributed by atoms with Crippen LogP contribution in [0, 0.1) is 0 Å². The van der Waals surface area contributed by atoms with Gasteiger partial charge in [0.15, 0.2) is 0 Å². The second-order valence-corrected chi connectivity index (χ2v) is 4.61. The summed E-state index contributed by atoms with van der Waals surface area (Å²) in [5.41, 5.74) is 0.494. The molecule has 1 fully saturated rings. The molecule has 0 saturated carbocycles. The number of halogens is 1. The van der Waals surface area contributed by atoms with Crippen molar-refractivity contribution in [3.63, 3.8) is 0 Å². The lowest BCUT2D eigenvalue weighted by molar-refractivity contribution is -0.124. The number of nitrogens with one attached hydrogen (secondary N) is 1. The third kappa shape index (κ3) is 1.86. The summed E-state index contributed by atoms with van der Waals surface area (Å²) in [6.07, 6.45) is 1.85. The minimum absolute atomic E-state index is 0.161. The minimum atomic E-state index is -0.306. The standard InChI is InChI=1S/C9H6ClNO2S/c10-7-2-1-6(14-7)3-5-4-8(12)11-9(5)13/h1-3H,4H2,(H,11,12,13). The molecule has 14 heavy (non-hydrogen) atoms. The second kappa shape index (κ2) is 3.55. The molecule has 2 rings (SSSR count). The third-order valence-corrected chi connectivity index (χ3v) is 2.98. The van der Waals surface area contributed by atoms with E-state index in [9.17, 15) is 9.59 Å². The van der Waals surface area contributed by atoms with Gasteiger partial charge in [0.25, 0.3) is 5.91 Å². The molecule has 1 aliphatic heterocycles. The van der Waals surface area contributed by atoms with Crippen molar-refractivity contribution in [1.82, 2.24) is 5.32 Å². The molecule has 5 heteroatoms. The van der Waals surface area contributed by atoms with Crippen molar-refractivity contribution >= 4 is 40.8 Å². The van der Waals surface area contributed by atoms with E-state index < -0.39 is 0 Å². The van der Waals surface area contributed by atoms with Crippen LogP contribution in [0.4, 0.5) is 0 Å². The maximum Gasteiger partial charge on any atom is 0.254 e. The zero-order valence-corrected chi connectivity index (χ0v) is 8.61. The molecule has 1 saturated heterocycles. The minimum Gasteiger partial charge on any atom is -0.292 e. The van der Waals surface area contributed by atoms with Gasteiger partial charge in [-0.15, -0.1) is 11.3 Å². The molecule has 0 unspecified atom stereocenters. The SMILES string of the molecule is O=C1CC(=Cc2ccc(Cl)s2)C(=O)N1. The Bertz CT molecular complexity index is 436. The molecular weight excluding hydrogens is 222 g/mol. The van der Waals surface area contributed by atoms with Gasteiger partial charge in [0, 0.05) is 10.5 Å². The number of carbonyl (C=O) groups excluding carboxylic acids is 2. The topological polar surface area (TPSA) is 46.2 Å². The van der Waals surface area contributed by atoms with Crippen molar-refractivity contribution in [2.75, 3.05) is 0 Å². The van der Waals surface area contributed by atoms with E-state index in [4.69, 9.17) is 11.6 Å². The summed E-state index contributed by atoms with van der Waals surface area (Å²) in [5.74, 6) is -0.552. The molecule has 0 aromatic carbocycles. The fourth-order valence-corrected chi connectivity index (χ4v) is 2.23. The van der Waals surface area contributed by atoms with Crippen molar-refractivity contribution in [3.8, 4) is 0 Å². The maximum atomic E-state index is 11.2. The van der Waals surface area contributed by atoms with E-state index in [2.05, 4.69) is 5.32 Å². The zero-order chi connectivity index (χ0) is 10.1. The first-order valence-electron chi connectivity index (χ1n) is 3.95. The van der Waals surface area contributed by atoms with Crippen LogP contribution in [0.3, 0.4) is 0 Å². The first-order valence-corrected chi connectivity index (χ1v) is 5.15. The van der Waals surface area contributed by atoms with Crippen LogP contribution in [-0.2, 0) is 9.59 Å². The summed E-state index contributed by atoms with van der Waals surface area (Å²) in [6, 6.07) is 3.57. The van der Waals surface area contributed by atoms with Gasteiger partial charge in [0.05, 0.1) is 10.8 Å². The highest BCUT2D eigenvalue weighted by Gasteiger charge is 2.23. The monoisotopic (exact) mass is 227 g/mol. The normalized spacial score (nSPS) is 19.1. The zero-order valence-electron chi connectivity index (χ0n) is 7.04. The van der Waals surface area contributed by atoms with E-state index in [1.54, 1.807) is 12.1 Å². The largest absolute Gasteiger partial charge is 0.292 e. The van der Waals surface area contributed by atoms with E-state index in [1.807, 2.05) is 6.07 Å². The summed E-state index contributed by atoms with van der Waals surface area (Å²) in [7, 11) is 0. The first kappa shape index (κ1) is 9.43. The van der Waals surface area contributed by atoms with Gasteiger partial charge in [0.2, 0.25) is 5.91 Å². The van der Waals surface area contributed by atoms with E-state index in [-0.39, 0.29) is 18.2 Å². The van der Waals surface area contributed by atoms with Crippen molar-refractivity contribution in [2.24, 2.45) is 0 Å². The first-order chi connectivity index (χ1) is 6.65. The molecule has 0 aliphatic carbocycles. The lowest BCUT2D eigenvalue weighted by Gasteiger charge is -1.88. The van der Waals surface area contributed by atoms with Gasteiger partial charge in [-0.25, -0.2) is 0 Å². The summed E-state index contributed by atoms with van der Waals surface area (Å²) in [5, 5.41) is 2.22. The highest BCUT2D eigenvalue weighted by atomic mass is 35.5. The predicted octanol–water partition coefficient (Wildman–Crippen LogP) is 1.83. The number of imide groups is 1. The van der Waals surface area contributed by atoms with Crippen LogP contribution in [-0.4, -0.2) is 11.8 Å². The smallest absolute Gasteiger partial charge is 0.254 e. The molecule has 3 nitrogen and oxygen atoms in total. The fraction of sp³-hybridized carbons (Fsp3) is 0.111. The van der Waals surface area contributed by atoms with Crippen LogP contribution in [0.15, 0.2) is 17.7 Å². The Morgan fingerprint density at radius 3 is 2.71 bits per heavy atom. The maximum absolute atomic E-state index is 11.2. The van der Waals surface area contributed by atoms with Crippen LogP contribution >= 0.6 is 22.9 Å². The van der Waals surface area contributed by atoms with Gasteiger partial charge < -0.3 is 0 Å². The van der Waals surface area contributed by atoms with Crippen molar-refractivity contribution in [3.05, 3.63) is 26.9 Å². The Morgan fingerprint density at radius 2 is 2.21 bits per heavy atom. The Labute approximate surface area is 89.4 Å². The number of hydrogen-bond acceptors (Lipinski definition) is 3. The van der Waals surface area contributed by atoms with E-state index in [0.29, 0.717) is 9.91 Å². The van der Waals surface area contributed by atoms with Crippen LogP contribution in [0.25, 0.3) is 6.08 Å². The van der Waals surface area contributed by atoms with E-state index in [0.717, 1.165) is 4.88 Å². The number of hydrogen-bond donors (Lipinski definition) is 1. The van der Waals surface area contributed by atoms with Crippen LogP contribution in [0.1, 0.15) is 11.3 Å². The molecule has 0 radical (unpaired) electrons. The predicted molar refractivity (Wildman–Crippen MR) is 55.1 cm³/mol. The molecule has 2 amide bonds. The molecule has 72 valence electrons. The summed E-state index contributed by atoms with van der Waals surface area (Å²) >= 11 is 7.11. The molecule has 2 heterocycles. The van der Waals surface area contributed by atoms with Gasteiger partial charge in [-0.2, -0.15) is 0 Å². The Kier molecular flexibility index (Phi) is 2.39. The van der Waals surface area contributed by atoms with E-state index >= 15 is 0 Å². The van der Waals surface area contributed by atoms with Gasteiger partial charge >= 0.3 is 0 Å². The molecular formula is C9H6ClNO2S. The lowest BCUT2D eigenvalue weighted by atomic mass is 10.2. The molecule has 1 aliphatic rings. The van der Waals surface area contributed by atoms with Gasteiger partial charge in [-0.05, 0) is 18.2 Å². The second-order valence-electron chi connectivity index (χ2n) is 2.87. The Balaban J connectivity index is 2.27. The quantitative estimate of drug-likeness (QED) is 0.588. The molecule has 1 aromatic heterocycles. The number of carbonyl (C=O) groups is 2. The summed E-state index contributed by atoms with van der Waals surface area (Å²) in [6.45, 7) is 0. The fourth-order valence-electron chi connectivity index (χ4n) is 1.20. The van der Waals surface area contributed by atoms with Crippen molar-refractivity contribution in [2.45, 2.75) is 6.42 Å². The van der Waals surface area contributed by atoms with Crippen molar-refractivity contribution in [1.29, 1.82) is 0 Å². The number of rotatable bonds is 1. The van der Waals surface area contributed by atoms with E-state index in [1.165, 1.54) is 11.3 Å². The summed E-state index contributed by atoms with van der Waals surface area (Å²) < 4.78 is 0.668. The van der Waals surface area contributed by atoms with Gasteiger partial charge in [-0.1, -0.05) is 11.6 Å². The highest BCUT2D eigenvalue weighted by Crippen LogP contribution is 2.25. The number of amides is 2. The average molecular weight is 228 g/mol. The summed E-state index contributed by atoms with van der Waals surface area (Å²) in [4.78, 5) is 22.9. The third-order valence-electron chi connectivity index (χ3n) is 1.81. The Hall–Kier alpha value is -1.13. The molecule has 1 aromatic rings. The molecule has 0 spiro atoms. The average Bonchev–Trinajstić information content (AvgIpc) is 2.61. The van der Waals surface area contributed by atoms with Crippen molar-refractivity contribution < 1.29 is 9.59 Å². The number of thiophene rings is 1.